The van der Waals surface area contributed by atoms with Crippen LogP contribution in [-0.2, 0) is 0 Å². The SMILES string of the molecule is O=C(c1ncco1)N1CC2NCCCC21. The van der Waals surface area contributed by atoms with Gasteiger partial charge in [-0.05, 0) is 19.4 Å². The molecule has 1 aromatic rings. The maximum Gasteiger partial charge on any atom is 0.310 e. The lowest BCUT2D eigenvalue weighted by molar-refractivity contribution is 0.0141. The van der Waals surface area contributed by atoms with Crippen LogP contribution in [0.3, 0.4) is 0 Å². The van der Waals surface area contributed by atoms with E-state index in [0.29, 0.717) is 12.1 Å². The molecule has 1 aromatic heterocycles. The van der Waals surface area contributed by atoms with Crippen LogP contribution < -0.4 is 5.32 Å². The summed E-state index contributed by atoms with van der Waals surface area (Å²) in [4.78, 5) is 17.6. The van der Waals surface area contributed by atoms with E-state index in [1.54, 1.807) is 0 Å². The molecule has 0 radical (unpaired) electrons. The number of oxazole rings is 1. The van der Waals surface area contributed by atoms with Crippen molar-refractivity contribution in [2.24, 2.45) is 0 Å². The molecular weight excluding hydrogens is 194 g/mol. The van der Waals surface area contributed by atoms with Crippen molar-refractivity contribution < 1.29 is 9.21 Å². The molecule has 2 unspecified atom stereocenters. The van der Waals surface area contributed by atoms with Gasteiger partial charge >= 0.3 is 5.91 Å². The first-order chi connectivity index (χ1) is 7.36. The molecule has 15 heavy (non-hydrogen) atoms. The molecule has 2 aliphatic rings. The van der Waals surface area contributed by atoms with Gasteiger partial charge in [-0.25, -0.2) is 4.98 Å². The number of carbonyl (C=O) groups excluding carboxylic acids is 1. The number of hydrogen-bond acceptors (Lipinski definition) is 4. The Kier molecular flexibility index (Phi) is 1.98. The summed E-state index contributed by atoms with van der Waals surface area (Å²) in [6.45, 7) is 1.86. The molecule has 3 rings (SSSR count). The molecule has 0 bridgehead atoms. The summed E-state index contributed by atoms with van der Waals surface area (Å²) >= 11 is 0. The number of aromatic nitrogens is 1. The van der Waals surface area contributed by atoms with Crippen molar-refractivity contribution in [3.05, 3.63) is 18.4 Å². The average molecular weight is 207 g/mol. The highest BCUT2D eigenvalue weighted by Gasteiger charge is 2.44. The van der Waals surface area contributed by atoms with Crippen LogP contribution in [0.25, 0.3) is 0 Å². The molecule has 0 saturated carbocycles. The van der Waals surface area contributed by atoms with Crippen LogP contribution in [0.1, 0.15) is 23.5 Å². The Morgan fingerprint density at radius 1 is 1.67 bits per heavy atom. The first kappa shape index (κ1) is 8.91. The predicted molar refractivity (Wildman–Crippen MR) is 52.4 cm³/mol. The van der Waals surface area contributed by atoms with Crippen molar-refractivity contribution in [1.82, 2.24) is 15.2 Å². The van der Waals surface area contributed by atoms with Crippen LogP contribution in [0.15, 0.2) is 16.9 Å². The number of likely N-dealkylation sites (tertiary alicyclic amines) is 1. The minimum absolute atomic E-state index is 0.0787. The van der Waals surface area contributed by atoms with Gasteiger partial charge in [0.05, 0.1) is 6.20 Å². The van der Waals surface area contributed by atoms with Gasteiger partial charge in [0.15, 0.2) is 0 Å². The fraction of sp³-hybridized carbons (Fsp3) is 0.600. The second-order valence-corrected chi connectivity index (χ2v) is 4.06. The monoisotopic (exact) mass is 207 g/mol. The van der Waals surface area contributed by atoms with Crippen molar-refractivity contribution in [2.75, 3.05) is 13.1 Å². The first-order valence-corrected chi connectivity index (χ1v) is 5.30. The standard InChI is InChI=1S/C10H13N3O2/c14-10(9-12-4-5-15-9)13-6-7-8(13)2-1-3-11-7/h4-5,7-8,11H,1-3,6H2. The highest BCUT2D eigenvalue weighted by atomic mass is 16.4. The van der Waals surface area contributed by atoms with Crippen LogP contribution in [0.4, 0.5) is 0 Å². The molecule has 0 spiro atoms. The molecule has 1 amide bonds. The van der Waals surface area contributed by atoms with E-state index in [-0.39, 0.29) is 11.8 Å². The fourth-order valence-corrected chi connectivity index (χ4v) is 2.39. The number of fused-ring (bicyclic) bond motifs is 1. The normalized spacial score (nSPS) is 29.5. The Morgan fingerprint density at radius 2 is 2.60 bits per heavy atom. The van der Waals surface area contributed by atoms with Gasteiger partial charge in [-0.2, -0.15) is 0 Å². The maximum absolute atomic E-state index is 11.9. The summed E-state index contributed by atoms with van der Waals surface area (Å²) in [7, 11) is 0. The van der Waals surface area contributed by atoms with Crippen LogP contribution in [0.5, 0.6) is 0 Å². The minimum Gasteiger partial charge on any atom is -0.441 e. The van der Waals surface area contributed by atoms with Crippen LogP contribution in [-0.4, -0.2) is 41.0 Å². The smallest absolute Gasteiger partial charge is 0.310 e. The lowest BCUT2D eigenvalue weighted by atomic mass is 9.88. The molecule has 2 fully saturated rings. The Balaban J connectivity index is 1.72. The lowest BCUT2D eigenvalue weighted by Gasteiger charge is -2.50. The third-order valence-corrected chi connectivity index (χ3v) is 3.22. The molecule has 2 saturated heterocycles. The zero-order valence-corrected chi connectivity index (χ0v) is 8.35. The molecule has 3 heterocycles. The lowest BCUT2D eigenvalue weighted by Crippen LogP contribution is -2.69. The van der Waals surface area contributed by atoms with E-state index in [2.05, 4.69) is 10.3 Å². The van der Waals surface area contributed by atoms with Gasteiger partial charge in [0, 0.05) is 18.6 Å². The Labute approximate surface area is 87.5 Å². The van der Waals surface area contributed by atoms with Gasteiger partial charge in [0.25, 0.3) is 5.89 Å². The van der Waals surface area contributed by atoms with Gasteiger partial charge in [-0.1, -0.05) is 0 Å². The Morgan fingerprint density at radius 3 is 3.33 bits per heavy atom. The van der Waals surface area contributed by atoms with E-state index >= 15 is 0 Å². The third-order valence-electron chi connectivity index (χ3n) is 3.22. The number of carbonyl (C=O) groups is 1. The van der Waals surface area contributed by atoms with Crippen LogP contribution in [0.2, 0.25) is 0 Å². The van der Waals surface area contributed by atoms with Crippen molar-refractivity contribution in [2.45, 2.75) is 24.9 Å². The zero-order valence-electron chi connectivity index (χ0n) is 8.35. The molecule has 80 valence electrons. The molecule has 5 nitrogen and oxygen atoms in total. The summed E-state index contributed by atoms with van der Waals surface area (Å²) in [5.41, 5.74) is 0. The quantitative estimate of drug-likeness (QED) is 0.717. The highest BCUT2D eigenvalue weighted by Crippen LogP contribution is 2.27. The second kappa shape index (κ2) is 3.34. The third kappa shape index (κ3) is 1.34. The average Bonchev–Trinajstić information content (AvgIpc) is 2.72. The summed E-state index contributed by atoms with van der Waals surface area (Å²) in [6.07, 6.45) is 5.16. The number of nitrogens with zero attached hydrogens (tertiary/aromatic N) is 2. The van der Waals surface area contributed by atoms with Crippen molar-refractivity contribution in [3.63, 3.8) is 0 Å². The number of amides is 1. The van der Waals surface area contributed by atoms with E-state index in [1.807, 2.05) is 4.90 Å². The van der Waals surface area contributed by atoms with Gasteiger partial charge in [-0.3, -0.25) is 4.79 Å². The number of rotatable bonds is 1. The van der Waals surface area contributed by atoms with Gasteiger partial charge in [0.1, 0.15) is 6.26 Å². The van der Waals surface area contributed by atoms with Gasteiger partial charge in [-0.15, -0.1) is 0 Å². The van der Waals surface area contributed by atoms with E-state index in [9.17, 15) is 4.79 Å². The molecule has 0 aromatic carbocycles. The molecular formula is C10H13N3O2. The summed E-state index contributed by atoms with van der Waals surface area (Å²) < 4.78 is 5.01. The molecule has 2 atom stereocenters. The summed E-state index contributed by atoms with van der Waals surface area (Å²) in [5.74, 6) is 0.129. The van der Waals surface area contributed by atoms with E-state index in [0.717, 1.165) is 25.9 Å². The molecule has 0 aliphatic carbocycles. The van der Waals surface area contributed by atoms with Crippen LogP contribution in [0, 0.1) is 0 Å². The first-order valence-electron chi connectivity index (χ1n) is 5.30. The summed E-state index contributed by atoms with van der Waals surface area (Å²) in [5, 5.41) is 3.40. The maximum atomic E-state index is 11.9. The van der Waals surface area contributed by atoms with Crippen molar-refractivity contribution >= 4 is 5.91 Å². The number of nitrogens with one attached hydrogen (secondary N) is 1. The van der Waals surface area contributed by atoms with E-state index < -0.39 is 0 Å². The topological polar surface area (TPSA) is 58.4 Å². The largest absolute Gasteiger partial charge is 0.441 e. The molecule has 2 aliphatic heterocycles. The Hall–Kier alpha value is -1.36. The fourth-order valence-electron chi connectivity index (χ4n) is 2.39. The van der Waals surface area contributed by atoms with Gasteiger partial charge in [0.2, 0.25) is 0 Å². The highest BCUT2D eigenvalue weighted by molar-refractivity contribution is 5.90. The van der Waals surface area contributed by atoms with E-state index in [4.69, 9.17) is 4.42 Å². The van der Waals surface area contributed by atoms with Gasteiger partial charge < -0.3 is 14.6 Å². The second-order valence-electron chi connectivity index (χ2n) is 4.06. The van der Waals surface area contributed by atoms with Crippen LogP contribution >= 0.6 is 0 Å². The minimum atomic E-state index is -0.0787. The molecule has 1 N–H and O–H groups in total. The van der Waals surface area contributed by atoms with E-state index in [1.165, 1.54) is 12.5 Å². The van der Waals surface area contributed by atoms with Crippen molar-refractivity contribution in [3.8, 4) is 0 Å². The Bertz CT molecular complexity index is 363. The van der Waals surface area contributed by atoms with Crippen molar-refractivity contribution in [1.29, 1.82) is 0 Å². The molecule has 5 heteroatoms. The predicted octanol–water partition coefficient (Wildman–Crippen LogP) is 0.251. The number of piperidine rings is 1. The summed E-state index contributed by atoms with van der Waals surface area (Å²) in [6, 6.07) is 0.829. The number of hydrogen-bond donors (Lipinski definition) is 1. The zero-order chi connectivity index (χ0) is 10.3.